The van der Waals surface area contributed by atoms with Crippen LogP contribution in [0.15, 0.2) is 48.0 Å². The number of aromatic nitrogens is 3. The number of carbonyl (C=O) groups excluding carboxylic acids is 1. The molecule has 1 aromatic carbocycles. The van der Waals surface area contributed by atoms with Crippen molar-refractivity contribution in [3.63, 3.8) is 0 Å². The smallest absolute Gasteiger partial charge is 0.421 e. The summed E-state index contributed by atoms with van der Waals surface area (Å²) in [5.74, 6) is -1.10. The maximum atomic E-state index is 13.5. The van der Waals surface area contributed by atoms with E-state index in [0.29, 0.717) is 5.69 Å². The van der Waals surface area contributed by atoms with Gasteiger partial charge in [0.2, 0.25) is 0 Å². The molecule has 0 spiro atoms. The molecule has 0 radical (unpaired) electrons. The minimum atomic E-state index is -4.83. The lowest BCUT2D eigenvalue weighted by atomic mass is 10.2. The quantitative estimate of drug-likeness (QED) is 0.546. The minimum absolute atomic E-state index is 0.174. The number of hydrogen-bond donors (Lipinski definition) is 0. The predicted octanol–water partition coefficient (Wildman–Crippen LogP) is 3.75. The first-order valence-electron chi connectivity index (χ1n) is 9.07. The topological polar surface area (TPSA) is 81.8 Å². The van der Waals surface area contributed by atoms with Crippen molar-refractivity contribution in [3.8, 4) is 17.2 Å². The largest absolute Gasteiger partial charge is 0.507 e. The Labute approximate surface area is 182 Å². The summed E-state index contributed by atoms with van der Waals surface area (Å²) in [5.41, 5.74) is 0.833. The van der Waals surface area contributed by atoms with Crippen molar-refractivity contribution in [3.05, 3.63) is 58.4 Å². The predicted molar refractivity (Wildman–Crippen MR) is 104 cm³/mol. The zero-order chi connectivity index (χ0) is 23.1. The molecule has 3 aromatic rings. The summed E-state index contributed by atoms with van der Waals surface area (Å²) < 4.78 is 63.6. The molecule has 1 aliphatic heterocycles. The number of amides is 2. The molecule has 2 amide bonds. The number of aryl methyl sites for hydroxylation is 1. The molecule has 0 fully saturated rings. The maximum Gasteiger partial charge on any atom is 0.507 e. The molecular weight excluding hydrogens is 454 g/mol. The van der Waals surface area contributed by atoms with E-state index >= 15 is 0 Å². The number of benzene rings is 1. The Kier molecular flexibility index (Phi) is 5.36. The normalized spacial score (nSPS) is 16.6. The number of thiazole rings is 1. The molecule has 3 heterocycles. The molecule has 0 saturated carbocycles. The third-order valence-corrected chi connectivity index (χ3v) is 5.22. The van der Waals surface area contributed by atoms with E-state index in [0.717, 1.165) is 17.0 Å². The Morgan fingerprint density at radius 2 is 1.91 bits per heavy atom. The van der Waals surface area contributed by atoms with Crippen molar-refractivity contribution in [2.75, 3.05) is 7.05 Å². The van der Waals surface area contributed by atoms with Crippen LogP contribution in [0.4, 0.5) is 22.4 Å². The molecule has 0 unspecified atom stereocenters. The van der Waals surface area contributed by atoms with Crippen LogP contribution in [0.5, 0.6) is 11.5 Å². The lowest BCUT2D eigenvalue weighted by Gasteiger charge is -2.31. The first-order chi connectivity index (χ1) is 15.1. The van der Waals surface area contributed by atoms with E-state index in [1.54, 1.807) is 13.1 Å². The number of ether oxygens (including phenoxy) is 2. The molecule has 32 heavy (non-hydrogen) atoms. The van der Waals surface area contributed by atoms with Gasteiger partial charge in [-0.15, -0.1) is 11.3 Å². The molecule has 1 aliphatic rings. The molecule has 0 atom stereocenters. The monoisotopic (exact) mass is 469 g/mol. The Bertz CT molecular complexity index is 1230. The molecule has 0 saturated heterocycles. The summed E-state index contributed by atoms with van der Waals surface area (Å²) in [4.78, 5) is 27.0. The molecule has 0 bridgehead atoms. The first-order valence-corrected chi connectivity index (χ1v) is 9.89. The zero-order valence-corrected chi connectivity index (χ0v) is 17.4. The summed E-state index contributed by atoms with van der Waals surface area (Å²) in [6.45, 7) is 1.94. The number of hydrogen-bond acceptors (Lipinski definition) is 6. The Morgan fingerprint density at radius 3 is 2.59 bits per heavy atom. The summed E-state index contributed by atoms with van der Waals surface area (Å²) in [5, 5.41) is 0. The second-order valence-electron chi connectivity index (χ2n) is 6.81. The van der Waals surface area contributed by atoms with Gasteiger partial charge in [0, 0.05) is 36.6 Å². The van der Waals surface area contributed by atoms with Crippen LogP contribution < -0.4 is 14.3 Å². The van der Waals surface area contributed by atoms with Crippen molar-refractivity contribution in [2.45, 2.75) is 25.7 Å². The lowest BCUT2D eigenvalue weighted by molar-refractivity contribution is -0.391. The SMILES string of the molecule is Cc1cn(-c2ccc3c(c2)OC(F)(F)C(F)(F)O3)c(=NC(=O)N(C)Cc2cnccn2)s1. The van der Waals surface area contributed by atoms with Crippen LogP contribution in [0, 0.1) is 6.92 Å². The average molecular weight is 469 g/mol. The van der Waals surface area contributed by atoms with E-state index in [2.05, 4.69) is 24.4 Å². The van der Waals surface area contributed by atoms with Gasteiger partial charge in [-0.2, -0.15) is 22.6 Å². The molecule has 168 valence electrons. The maximum absolute atomic E-state index is 13.5. The van der Waals surface area contributed by atoms with Crippen molar-refractivity contribution in [1.82, 2.24) is 19.4 Å². The molecule has 0 N–H and O–H groups in total. The highest BCUT2D eigenvalue weighted by atomic mass is 32.1. The number of urea groups is 1. The number of halogens is 4. The summed E-state index contributed by atoms with van der Waals surface area (Å²) in [6, 6.07) is 2.98. The summed E-state index contributed by atoms with van der Waals surface area (Å²) in [6.07, 6.45) is -3.47. The van der Waals surface area contributed by atoms with Gasteiger partial charge in [0.15, 0.2) is 16.3 Å². The van der Waals surface area contributed by atoms with Gasteiger partial charge in [-0.1, -0.05) is 0 Å². The number of alkyl halides is 4. The van der Waals surface area contributed by atoms with Crippen LogP contribution in [-0.2, 0) is 6.54 Å². The van der Waals surface area contributed by atoms with Crippen molar-refractivity contribution in [1.29, 1.82) is 0 Å². The van der Waals surface area contributed by atoms with Crippen LogP contribution in [0.25, 0.3) is 5.69 Å². The molecule has 4 rings (SSSR count). The van der Waals surface area contributed by atoms with E-state index in [4.69, 9.17) is 0 Å². The van der Waals surface area contributed by atoms with Crippen LogP contribution in [0.3, 0.4) is 0 Å². The van der Waals surface area contributed by atoms with Gasteiger partial charge < -0.3 is 14.4 Å². The highest BCUT2D eigenvalue weighted by molar-refractivity contribution is 7.09. The van der Waals surface area contributed by atoms with E-state index in [9.17, 15) is 22.4 Å². The number of rotatable bonds is 3. The average Bonchev–Trinajstić information content (AvgIpc) is 3.08. The summed E-state index contributed by atoms with van der Waals surface area (Å²) in [7, 11) is 1.54. The molecule has 0 aliphatic carbocycles. The van der Waals surface area contributed by atoms with E-state index in [1.807, 2.05) is 0 Å². The fourth-order valence-electron chi connectivity index (χ4n) is 2.81. The minimum Gasteiger partial charge on any atom is -0.421 e. The van der Waals surface area contributed by atoms with Crippen molar-refractivity contribution in [2.24, 2.45) is 4.99 Å². The van der Waals surface area contributed by atoms with Crippen LogP contribution in [0.2, 0.25) is 0 Å². The second kappa shape index (κ2) is 7.89. The molecule has 13 heteroatoms. The van der Waals surface area contributed by atoms with Gasteiger partial charge in [0.25, 0.3) is 0 Å². The van der Waals surface area contributed by atoms with Crippen molar-refractivity contribution >= 4 is 17.4 Å². The number of carbonyl (C=O) groups is 1. The Morgan fingerprint density at radius 1 is 1.19 bits per heavy atom. The second-order valence-corrected chi connectivity index (χ2v) is 8.02. The molecule has 2 aromatic heterocycles. The fourth-order valence-corrected chi connectivity index (χ4v) is 3.64. The summed E-state index contributed by atoms with van der Waals surface area (Å²) >= 11 is 1.18. The van der Waals surface area contributed by atoms with E-state index in [1.165, 1.54) is 52.5 Å². The Balaban J connectivity index is 1.65. The van der Waals surface area contributed by atoms with Gasteiger partial charge >= 0.3 is 18.2 Å². The molecular formula is C19H15F4N5O3S. The van der Waals surface area contributed by atoms with Gasteiger partial charge in [-0.3, -0.25) is 14.5 Å². The van der Waals surface area contributed by atoms with Crippen molar-refractivity contribution < 1.29 is 31.8 Å². The third-order valence-electron chi connectivity index (χ3n) is 4.32. The first kappa shape index (κ1) is 21.7. The number of fused-ring (bicyclic) bond motifs is 1. The standard InChI is InChI=1S/C19H15F4N5O3S/c1-11-9-28(13-3-4-14-15(7-13)31-19(22,23)18(20,21)30-14)17(32-11)26-16(29)27(2)10-12-8-24-5-6-25-12/h3-9H,10H2,1-2H3. The van der Waals surface area contributed by atoms with Gasteiger partial charge in [-0.25, -0.2) is 4.79 Å². The van der Waals surface area contributed by atoms with Gasteiger partial charge in [0.1, 0.15) is 0 Å². The van der Waals surface area contributed by atoms with E-state index < -0.39 is 29.7 Å². The highest BCUT2D eigenvalue weighted by Gasteiger charge is 2.65. The van der Waals surface area contributed by atoms with Crippen LogP contribution >= 0.6 is 11.3 Å². The van der Waals surface area contributed by atoms with Gasteiger partial charge in [0.05, 0.1) is 24.1 Å². The van der Waals surface area contributed by atoms with Crippen LogP contribution in [0.1, 0.15) is 10.6 Å². The zero-order valence-electron chi connectivity index (χ0n) is 16.6. The Hall–Kier alpha value is -3.48. The lowest BCUT2D eigenvalue weighted by Crippen LogP contribution is -2.52. The molecule has 8 nitrogen and oxygen atoms in total. The van der Waals surface area contributed by atoms with Crippen LogP contribution in [-0.4, -0.2) is 44.7 Å². The number of nitrogens with zero attached hydrogens (tertiary/aromatic N) is 5. The van der Waals surface area contributed by atoms with E-state index in [-0.39, 0.29) is 17.0 Å². The van der Waals surface area contributed by atoms with Gasteiger partial charge in [-0.05, 0) is 19.1 Å². The fraction of sp³-hybridized carbons (Fsp3) is 0.263. The highest BCUT2D eigenvalue weighted by Crippen LogP contribution is 2.47. The third kappa shape index (κ3) is 4.15.